The number of rotatable bonds is 2. The van der Waals surface area contributed by atoms with E-state index in [1.807, 2.05) is 0 Å². The van der Waals surface area contributed by atoms with Gasteiger partial charge in [-0.25, -0.2) is 0 Å². The summed E-state index contributed by atoms with van der Waals surface area (Å²) in [5.41, 5.74) is 17.9. The lowest BCUT2D eigenvalue weighted by atomic mass is 9.88. The maximum atomic E-state index is 7.05. The van der Waals surface area contributed by atoms with Gasteiger partial charge in [0.1, 0.15) is 27.9 Å². The molecular weight excluding hydrogens is 560 g/mol. The van der Waals surface area contributed by atoms with E-state index in [0.717, 1.165) is 17.6 Å². The minimum atomic E-state index is -0.603. The van der Waals surface area contributed by atoms with Crippen LogP contribution in [0.4, 0.5) is 0 Å². The molecule has 1 atom stereocenters. The van der Waals surface area contributed by atoms with Crippen LogP contribution in [-0.4, -0.2) is 0 Å². The third-order valence-corrected chi connectivity index (χ3v) is 10.8. The first-order chi connectivity index (χ1) is 22.5. The van der Waals surface area contributed by atoms with Gasteiger partial charge in [-0.05, 0) is 84.3 Å². The molecule has 1 spiro atoms. The van der Waals surface area contributed by atoms with Crippen molar-refractivity contribution in [2.45, 2.75) is 45.7 Å². The number of hydrogen-bond acceptors (Lipinski definition) is 1. The van der Waals surface area contributed by atoms with Crippen molar-refractivity contribution in [1.29, 1.82) is 0 Å². The summed E-state index contributed by atoms with van der Waals surface area (Å²) in [6, 6.07) is 33.9. The summed E-state index contributed by atoms with van der Waals surface area (Å²) in [5.74, 6) is 0.332. The lowest BCUT2D eigenvalue weighted by Crippen LogP contribution is -2.71. The Bertz CT molecular complexity index is 2440. The van der Waals surface area contributed by atoms with Crippen LogP contribution < -0.4 is 9.13 Å². The van der Waals surface area contributed by atoms with Gasteiger partial charge in [-0.15, -0.1) is 9.13 Å². The number of allylic oxidation sites excluding steroid dienone is 1. The third-order valence-electron chi connectivity index (χ3n) is 10.8. The fraction of sp³-hybridized carbons (Fsp3) is 0.163. The second-order valence-corrected chi connectivity index (χ2v) is 13.6. The molecule has 3 nitrogen and oxygen atoms in total. The van der Waals surface area contributed by atoms with Crippen molar-refractivity contribution in [3.8, 4) is 33.6 Å². The number of fused-ring (bicyclic) bond motifs is 16. The second-order valence-electron chi connectivity index (χ2n) is 13.6. The van der Waals surface area contributed by atoms with Gasteiger partial charge < -0.3 is 4.42 Å². The largest absolute Gasteiger partial charge is 0.454 e. The maximum absolute atomic E-state index is 7.05. The standard InChI is InChI=1S/C43H34N2O/c1-25(2)33-23-38-40-36(21-20-31-30-19-18-28-13-10-15-29(28)41(30)46-42(31)40)43(45(38)24-34(33)39-26(3)11-9-12-27(39)4)35-16-6-5-14-32(35)37-17-7-8-22-44(37)43/h5-12,14-25H,13H2,1-4H3/q+2. The molecule has 0 radical (unpaired) electrons. The van der Waals surface area contributed by atoms with Crippen LogP contribution in [0, 0.1) is 13.8 Å². The van der Waals surface area contributed by atoms with E-state index in [0.29, 0.717) is 5.92 Å². The molecule has 220 valence electrons. The molecule has 1 unspecified atom stereocenters. The second kappa shape index (κ2) is 8.92. The molecule has 3 aliphatic rings. The summed E-state index contributed by atoms with van der Waals surface area (Å²) in [7, 11) is 0. The molecule has 1 aliphatic carbocycles. The zero-order valence-electron chi connectivity index (χ0n) is 26.6. The molecule has 7 aromatic rings. The Balaban J connectivity index is 1.42. The number of furan rings is 1. The smallest absolute Gasteiger partial charge is 0.417 e. The predicted molar refractivity (Wildman–Crippen MR) is 185 cm³/mol. The van der Waals surface area contributed by atoms with Crippen molar-refractivity contribution in [2.75, 3.05) is 0 Å². The van der Waals surface area contributed by atoms with Crippen LogP contribution in [0.2, 0.25) is 0 Å². The van der Waals surface area contributed by atoms with Crippen molar-refractivity contribution in [3.63, 3.8) is 0 Å². The number of aromatic nitrogens is 2. The zero-order chi connectivity index (χ0) is 30.9. The summed E-state index contributed by atoms with van der Waals surface area (Å²) in [5, 5.41) is 2.36. The van der Waals surface area contributed by atoms with Gasteiger partial charge in [-0.2, -0.15) is 0 Å². The molecule has 0 bridgehead atoms. The number of pyridine rings is 2. The van der Waals surface area contributed by atoms with Crippen molar-refractivity contribution in [2.24, 2.45) is 0 Å². The first-order valence-electron chi connectivity index (χ1n) is 16.4. The molecule has 0 N–H and O–H groups in total. The molecule has 46 heavy (non-hydrogen) atoms. The Morgan fingerprint density at radius 3 is 2.33 bits per heavy atom. The summed E-state index contributed by atoms with van der Waals surface area (Å²) in [6.45, 7) is 9.13. The molecule has 3 aromatic heterocycles. The van der Waals surface area contributed by atoms with E-state index in [1.54, 1.807) is 0 Å². The Morgan fingerprint density at radius 1 is 0.696 bits per heavy atom. The molecular formula is C43H34N2O+2. The average molecular weight is 595 g/mol. The van der Waals surface area contributed by atoms with Crippen molar-refractivity contribution in [3.05, 3.63) is 148 Å². The molecule has 3 heteroatoms. The molecule has 0 amide bonds. The topological polar surface area (TPSA) is 20.9 Å². The van der Waals surface area contributed by atoms with Gasteiger partial charge in [0.25, 0.3) is 0 Å². The van der Waals surface area contributed by atoms with Crippen LogP contribution in [0.1, 0.15) is 58.7 Å². The van der Waals surface area contributed by atoms with Crippen LogP contribution in [0.15, 0.2) is 114 Å². The number of nitrogens with zero attached hydrogens (tertiary/aromatic N) is 2. The summed E-state index contributed by atoms with van der Waals surface area (Å²) in [4.78, 5) is 0. The van der Waals surface area contributed by atoms with Gasteiger partial charge in [0.05, 0.1) is 11.1 Å². The number of hydrogen-bond donors (Lipinski definition) is 0. The molecule has 0 saturated heterocycles. The van der Waals surface area contributed by atoms with Crippen LogP contribution in [-0.2, 0) is 12.1 Å². The lowest BCUT2D eigenvalue weighted by molar-refractivity contribution is -0.954. The van der Waals surface area contributed by atoms with Gasteiger partial charge in [0.2, 0.25) is 11.4 Å². The molecule has 0 fully saturated rings. The van der Waals surface area contributed by atoms with E-state index in [2.05, 4.69) is 152 Å². The molecule has 2 aliphatic heterocycles. The van der Waals surface area contributed by atoms with Crippen molar-refractivity contribution < 1.29 is 13.6 Å². The Morgan fingerprint density at radius 2 is 1.48 bits per heavy atom. The van der Waals surface area contributed by atoms with Gasteiger partial charge >= 0.3 is 5.66 Å². The minimum absolute atomic E-state index is 0.332. The highest BCUT2D eigenvalue weighted by molar-refractivity contribution is 6.12. The fourth-order valence-corrected chi connectivity index (χ4v) is 8.86. The van der Waals surface area contributed by atoms with Crippen molar-refractivity contribution >= 4 is 28.0 Å². The van der Waals surface area contributed by atoms with E-state index in [1.165, 1.54) is 83.4 Å². The van der Waals surface area contributed by atoms with Gasteiger partial charge in [0.15, 0.2) is 12.4 Å². The van der Waals surface area contributed by atoms with Gasteiger partial charge in [-0.1, -0.05) is 68.5 Å². The SMILES string of the molecule is Cc1cccc(C)c1-c1c[n+]2c(cc1C(C)C)-c1c(ccc3c1oc1c4c(ccc13)CC=C4)C21c2ccccc2-c2cccc[n+]21. The van der Waals surface area contributed by atoms with Crippen molar-refractivity contribution in [1.82, 2.24) is 0 Å². The Hall–Kier alpha value is -5.28. The van der Waals surface area contributed by atoms with E-state index < -0.39 is 5.66 Å². The third kappa shape index (κ3) is 3.04. The average Bonchev–Trinajstić information content (AvgIpc) is 3.82. The lowest BCUT2D eigenvalue weighted by Gasteiger charge is -2.20. The normalized spacial score (nSPS) is 16.8. The highest BCUT2D eigenvalue weighted by Crippen LogP contribution is 2.52. The summed E-state index contributed by atoms with van der Waals surface area (Å²) >= 11 is 0. The van der Waals surface area contributed by atoms with E-state index in [4.69, 9.17) is 4.42 Å². The van der Waals surface area contributed by atoms with E-state index in [9.17, 15) is 0 Å². The zero-order valence-corrected chi connectivity index (χ0v) is 26.6. The first-order valence-corrected chi connectivity index (χ1v) is 16.4. The monoisotopic (exact) mass is 594 g/mol. The molecule has 4 aromatic carbocycles. The van der Waals surface area contributed by atoms with E-state index in [-0.39, 0.29) is 0 Å². The van der Waals surface area contributed by atoms with Gasteiger partial charge in [0, 0.05) is 34.5 Å². The van der Waals surface area contributed by atoms with Crippen LogP contribution >= 0.6 is 0 Å². The predicted octanol–water partition coefficient (Wildman–Crippen LogP) is 9.40. The molecule has 5 heterocycles. The number of aryl methyl sites for hydroxylation is 2. The summed E-state index contributed by atoms with van der Waals surface area (Å²) in [6.07, 6.45) is 10.2. The summed E-state index contributed by atoms with van der Waals surface area (Å²) < 4.78 is 12.1. The highest BCUT2D eigenvalue weighted by Gasteiger charge is 2.67. The minimum Gasteiger partial charge on any atom is -0.454 e. The van der Waals surface area contributed by atoms with E-state index >= 15 is 0 Å². The molecule has 0 saturated carbocycles. The maximum Gasteiger partial charge on any atom is 0.417 e. The molecule has 10 rings (SSSR count). The Kier molecular flexibility index (Phi) is 5.04. The quantitative estimate of drug-likeness (QED) is 0.183. The number of benzene rings is 4. The van der Waals surface area contributed by atoms with Crippen LogP contribution in [0.5, 0.6) is 0 Å². The highest BCUT2D eigenvalue weighted by atomic mass is 16.3. The van der Waals surface area contributed by atoms with Crippen LogP contribution in [0.3, 0.4) is 0 Å². The fourth-order valence-electron chi connectivity index (χ4n) is 8.86. The first kappa shape index (κ1) is 26.0. The van der Waals surface area contributed by atoms with Crippen LogP contribution in [0.25, 0.3) is 61.7 Å². The Labute approximate surface area is 268 Å². The van der Waals surface area contributed by atoms with Gasteiger partial charge in [-0.3, -0.25) is 0 Å².